The highest BCUT2D eigenvalue weighted by atomic mass is 32.1. The maximum Gasteiger partial charge on any atom is 0.237 e. The van der Waals surface area contributed by atoms with E-state index in [0.717, 1.165) is 12.8 Å². The summed E-state index contributed by atoms with van der Waals surface area (Å²) in [5.41, 5.74) is 5.77. The second-order valence-electron chi connectivity index (χ2n) is 5.72. The smallest absolute Gasteiger partial charge is 0.237 e. The zero-order valence-corrected chi connectivity index (χ0v) is 12.3. The van der Waals surface area contributed by atoms with Crippen molar-refractivity contribution in [3.8, 4) is 0 Å². The summed E-state index contributed by atoms with van der Waals surface area (Å²) >= 11 is 5.07. The molecule has 0 bridgehead atoms. The number of amides is 1. The maximum atomic E-state index is 12.4. The molecule has 0 radical (unpaired) electrons. The number of thiocarbonyl (C=S) groups is 1. The number of nitrogens with one attached hydrogen (secondary N) is 1. The van der Waals surface area contributed by atoms with Crippen molar-refractivity contribution in [1.82, 2.24) is 9.78 Å². The SMILES string of the molecule is CC1CC(C(=O)Nc2cnn(C(C)C)c2)(C(N)=S)C1. The van der Waals surface area contributed by atoms with Crippen molar-refractivity contribution in [3.63, 3.8) is 0 Å². The van der Waals surface area contributed by atoms with E-state index in [4.69, 9.17) is 18.0 Å². The van der Waals surface area contributed by atoms with E-state index >= 15 is 0 Å². The molecule has 0 aliphatic heterocycles. The minimum atomic E-state index is -0.672. The molecule has 6 heteroatoms. The van der Waals surface area contributed by atoms with Crippen LogP contribution >= 0.6 is 12.2 Å². The van der Waals surface area contributed by atoms with E-state index in [2.05, 4.69) is 17.3 Å². The number of anilines is 1. The first kappa shape index (κ1) is 14.0. The molecule has 1 aliphatic carbocycles. The summed E-state index contributed by atoms with van der Waals surface area (Å²) < 4.78 is 1.80. The van der Waals surface area contributed by atoms with Gasteiger partial charge in [-0.2, -0.15) is 5.10 Å². The second-order valence-corrected chi connectivity index (χ2v) is 6.16. The molecule has 0 spiro atoms. The molecule has 1 aromatic rings. The van der Waals surface area contributed by atoms with Crippen LogP contribution in [0.3, 0.4) is 0 Å². The van der Waals surface area contributed by atoms with Crippen LogP contribution in [0.1, 0.15) is 39.7 Å². The fourth-order valence-corrected chi connectivity index (χ4v) is 2.82. The van der Waals surface area contributed by atoms with Gasteiger partial charge in [-0.25, -0.2) is 0 Å². The first-order valence-electron chi connectivity index (χ1n) is 6.50. The molecule has 1 heterocycles. The van der Waals surface area contributed by atoms with Crippen LogP contribution in [0.5, 0.6) is 0 Å². The van der Waals surface area contributed by atoms with Crippen molar-refractivity contribution in [2.24, 2.45) is 17.1 Å². The van der Waals surface area contributed by atoms with Crippen LogP contribution in [0, 0.1) is 11.3 Å². The normalized spacial score (nSPS) is 26.0. The van der Waals surface area contributed by atoms with E-state index in [-0.39, 0.29) is 11.9 Å². The second kappa shape index (κ2) is 4.92. The van der Waals surface area contributed by atoms with Gasteiger partial charge >= 0.3 is 0 Å². The molecule has 2 rings (SSSR count). The Balaban J connectivity index is 2.09. The van der Waals surface area contributed by atoms with Gasteiger partial charge in [0.15, 0.2) is 0 Å². The fourth-order valence-electron chi connectivity index (χ4n) is 2.56. The van der Waals surface area contributed by atoms with Gasteiger partial charge in [-0.15, -0.1) is 0 Å². The van der Waals surface area contributed by atoms with Gasteiger partial charge in [0.25, 0.3) is 0 Å². The molecule has 0 unspecified atom stereocenters. The van der Waals surface area contributed by atoms with Gasteiger partial charge in [-0.1, -0.05) is 19.1 Å². The monoisotopic (exact) mass is 280 g/mol. The van der Waals surface area contributed by atoms with Crippen LogP contribution in [0.2, 0.25) is 0 Å². The highest BCUT2D eigenvalue weighted by Gasteiger charge is 2.50. The van der Waals surface area contributed by atoms with Crippen LogP contribution in [0.4, 0.5) is 5.69 Å². The zero-order chi connectivity index (χ0) is 14.2. The Bertz CT molecular complexity index is 502. The molecule has 0 saturated heterocycles. The Hall–Kier alpha value is -1.43. The first-order valence-corrected chi connectivity index (χ1v) is 6.91. The van der Waals surface area contributed by atoms with E-state index in [1.165, 1.54) is 0 Å². The van der Waals surface area contributed by atoms with Gasteiger partial charge in [0.05, 0.1) is 22.3 Å². The fraction of sp³-hybridized carbons (Fsp3) is 0.615. The molecule has 1 fully saturated rings. The molecule has 1 amide bonds. The molecule has 104 valence electrons. The van der Waals surface area contributed by atoms with Gasteiger partial charge < -0.3 is 11.1 Å². The molecule has 0 atom stereocenters. The Morgan fingerprint density at radius 2 is 2.26 bits per heavy atom. The Morgan fingerprint density at radius 1 is 1.63 bits per heavy atom. The number of nitrogens with zero attached hydrogens (tertiary/aromatic N) is 2. The van der Waals surface area contributed by atoms with Gasteiger partial charge in [0, 0.05) is 12.2 Å². The molecule has 1 saturated carbocycles. The van der Waals surface area contributed by atoms with E-state index in [1.54, 1.807) is 10.9 Å². The van der Waals surface area contributed by atoms with Crippen LogP contribution in [-0.2, 0) is 4.79 Å². The third kappa shape index (κ3) is 2.49. The quantitative estimate of drug-likeness (QED) is 0.828. The lowest BCUT2D eigenvalue weighted by atomic mass is 9.62. The van der Waals surface area contributed by atoms with Crippen molar-refractivity contribution in [2.45, 2.75) is 39.7 Å². The van der Waals surface area contributed by atoms with Crippen LogP contribution in [-0.4, -0.2) is 20.7 Å². The minimum Gasteiger partial charge on any atom is -0.392 e. The van der Waals surface area contributed by atoms with E-state index in [1.807, 2.05) is 20.0 Å². The predicted molar refractivity (Wildman–Crippen MR) is 78.9 cm³/mol. The van der Waals surface area contributed by atoms with Gasteiger partial charge in [-0.3, -0.25) is 9.48 Å². The van der Waals surface area contributed by atoms with E-state index < -0.39 is 5.41 Å². The third-order valence-corrected chi connectivity index (χ3v) is 4.08. The Kier molecular flexibility index (Phi) is 3.62. The summed E-state index contributed by atoms with van der Waals surface area (Å²) in [5, 5.41) is 7.06. The number of aromatic nitrogens is 2. The number of carbonyl (C=O) groups is 1. The standard InChI is InChI=1S/C13H20N4OS/c1-8(2)17-7-10(6-15-17)16-12(18)13(11(14)19)4-9(3)5-13/h6-9H,4-5H2,1-3H3,(H2,14,19)(H,16,18). The molecule has 1 aliphatic rings. The minimum absolute atomic E-state index is 0.110. The molecule has 5 nitrogen and oxygen atoms in total. The number of hydrogen-bond donors (Lipinski definition) is 2. The molecule has 3 N–H and O–H groups in total. The molecule has 19 heavy (non-hydrogen) atoms. The summed E-state index contributed by atoms with van der Waals surface area (Å²) in [7, 11) is 0. The number of rotatable bonds is 4. The van der Waals surface area contributed by atoms with Crippen molar-refractivity contribution in [3.05, 3.63) is 12.4 Å². The number of carbonyl (C=O) groups excluding carboxylic acids is 1. The van der Waals surface area contributed by atoms with Gasteiger partial charge in [0.1, 0.15) is 0 Å². The topological polar surface area (TPSA) is 72.9 Å². The lowest BCUT2D eigenvalue weighted by molar-refractivity contribution is -0.127. The summed E-state index contributed by atoms with van der Waals surface area (Å²) in [6.07, 6.45) is 4.92. The number of nitrogens with two attached hydrogens (primary N) is 1. The lowest BCUT2D eigenvalue weighted by Gasteiger charge is -2.43. The summed E-state index contributed by atoms with van der Waals surface area (Å²) in [6.45, 7) is 6.16. The van der Waals surface area contributed by atoms with E-state index in [0.29, 0.717) is 16.6 Å². The first-order chi connectivity index (χ1) is 8.85. The molecule has 0 aromatic carbocycles. The van der Waals surface area contributed by atoms with Crippen molar-refractivity contribution in [1.29, 1.82) is 0 Å². The Labute approximate surface area is 118 Å². The summed E-state index contributed by atoms with van der Waals surface area (Å²) in [4.78, 5) is 12.7. The van der Waals surface area contributed by atoms with Crippen LogP contribution in [0.25, 0.3) is 0 Å². The summed E-state index contributed by atoms with van der Waals surface area (Å²) in [5.74, 6) is 0.382. The highest BCUT2D eigenvalue weighted by Crippen LogP contribution is 2.46. The molecular formula is C13H20N4OS. The summed E-state index contributed by atoms with van der Waals surface area (Å²) in [6, 6.07) is 0.263. The van der Waals surface area contributed by atoms with Crippen LogP contribution in [0.15, 0.2) is 12.4 Å². The maximum absolute atomic E-state index is 12.4. The van der Waals surface area contributed by atoms with Gasteiger partial charge in [0.2, 0.25) is 5.91 Å². The zero-order valence-electron chi connectivity index (χ0n) is 11.5. The third-order valence-electron chi connectivity index (χ3n) is 3.69. The van der Waals surface area contributed by atoms with Crippen molar-refractivity contribution in [2.75, 3.05) is 5.32 Å². The van der Waals surface area contributed by atoms with Crippen LogP contribution < -0.4 is 11.1 Å². The average Bonchev–Trinajstić information content (AvgIpc) is 2.72. The Morgan fingerprint density at radius 3 is 2.68 bits per heavy atom. The van der Waals surface area contributed by atoms with Gasteiger partial charge in [-0.05, 0) is 32.6 Å². The highest BCUT2D eigenvalue weighted by molar-refractivity contribution is 7.80. The van der Waals surface area contributed by atoms with Crippen molar-refractivity contribution >= 4 is 28.8 Å². The van der Waals surface area contributed by atoms with Crippen molar-refractivity contribution < 1.29 is 4.79 Å². The number of hydrogen-bond acceptors (Lipinski definition) is 3. The lowest BCUT2D eigenvalue weighted by Crippen LogP contribution is -2.53. The predicted octanol–water partition coefficient (Wildman–Crippen LogP) is 2.10. The molecule has 1 aromatic heterocycles. The van der Waals surface area contributed by atoms with E-state index in [9.17, 15) is 4.79 Å². The molecular weight excluding hydrogens is 260 g/mol. The average molecular weight is 280 g/mol. The largest absolute Gasteiger partial charge is 0.392 e.